The predicted octanol–water partition coefficient (Wildman–Crippen LogP) is 2.34. The highest BCUT2D eigenvalue weighted by Crippen LogP contribution is 2.34. The summed E-state index contributed by atoms with van der Waals surface area (Å²) in [5.41, 5.74) is 4.68. The van der Waals surface area contributed by atoms with Crippen LogP contribution in [0.3, 0.4) is 0 Å². The van der Waals surface area contributed by atoms with E-state index in [0.717, 1.165) is 0 Å². The fourth-order valence-corrected chi connectivity index (χ4v) is 1.49. The van der Waals surface area contributed by atoms with E-state index in [9.17, 15) is 13.2 Å². The van der Waals surface area contributed by atoms with Crippen LogP contribution in [0, 0.1) is 18.3 Å². The first-order chi connectivity index (χ1) is 6.90. The number of nitrogens with zero attached hydrogens (tertiary/aromatic N) is 1. The van der Waals surface area contributed by atoms with E-state index in [1.54, 1.807) is 6.07 Å². The highest BCUT2D eigenvalue weighted by molar-refractivity contribution is 5.44. The third-order valence-electron chi connectivity index (χ3n) is 2.05. The van der Waals surface area contributed by atoms with Crippen LogP contribution in [0.1, 0.15) is 22.3 Å². The van der Waals surface area contributed by atoms with Gasteiger partial charge >= 0.3 is 6.18 Å². The van der Waals surface area contributed by atoms with Gasteiger partial charge in [-0.15, -0.1) is 0 Å². The normalized spacial score (nSPS) is 11.2. The molecule has 1 aromatic carbocycles. The lowest BCUT2D eigenvalue weighted by Crippen LogP contribution is -2.14. The second kappa shape index (κ2) is 3.91. The molecule has 0 unspecified atom stereocenters. The summed E-state index contributed by atoms with van der Waals surface area (Å²) >= 11 is 0. The van der Waals surface area contributed by atoms with Crippen LogP contribution in [-0.2, 0) is 12.7 Å². The van der Waals surface area contributed by atoms with E-state index >= 15 is 0 Å². The number of halogens is 3. The largest absolute Gasteiger partial charge is 0.416 e. The summed E-state index contributed by atoms with van der Waals surface area (Å²) in [5.74, 6) is 0. The van der Waals surface area contributed by atoms with E-state index in [1.807, 2.05) is 0 Å². The first kappa shape index (κ1) is 11.5. The Morgan fingerprint density at radius 2 is 2.00 bits per heavy atom. The molecule has 0 aliphatic carbocycles. The Hall–Kier alpha value is -1.54. The van der Waals surface area contributed by atoms with Gasteiger partial charge in [0.2, 0.25) is 0 Å². The Labute approximate surface area is 85.1 Å². The maximum absolute atomic E-state index is 12.6. The monoisotopic (exact) mass is 214 g/mol. The molecule has 0 radical (unpaired) electrons. The molecule has 0 saturated heterocycles. The second-order valence-corrected chi connectivity index (χ2v) is 3.14. The lowest BCUT2D eigenvalue weighted by Gasteiger charge is -2.14. The van der Waals surface area contributed by atoms with Crippen LogP contribution in [0.5, 0.6) is 0 Å². The number of aryl methyl sites for hydroxylation is 1. The minimum Gasteiger partial charge on any atom is -0.326 e. The summed E-state index contributed by atoms with van der Waals surface area (Å²) in [6.45, 7) is 1.09. The summed E-state index contributed by atoms with van der Waals surface area (Å²) < 4.78 is 37.8. The van der Waals surface area contributed by atoms with Gasteiger partial charge in [-0.05, 0) is 30.2 Å². The average molecular weight is 214 g/mol. The molecule has 0 atom stereocenters. The summed E-state index contributed by atoms with van der Waals surface area (Å²) in [5, 5.41) is 8.60. The highest BCUT2D eigenvalue weighted by Gasteiger charge is 2.34. The molecule has 0 bridgehead atoms. The van der Waals surface area contributed by atoms with E-state index in [0.29, 0.717) is 0 Å². The minimum absolute atomic E-state index is 0.0296. The zero-order valence-electron chi connectivity index (χ0n) is 8.02. The van der Waals surface area contributed by atoms with Crippen molar-refractivity contribution in [3.05, 3.63) is 34.4 Å². The lowest BCUT2D eigenvalue weighted by atomic mass is 9.98. The van der Waals surface area contributed by atoms with Crippen LogP contribution in [-0.4, -0.2) is 0 Å². The van der Waals surface area contributed by atoms with Crippen molar-refractivity contribution in [2.45, 2.75) is 19.6 Å². The number of nitriles is 1. The molecule has 0 amide bonds. The molecule has 5 heteroatoms. The first-order valence-electron chi connectivity index (χ1n) is 4.21. The SMILES string of the molecule is Cc1cc(C#N)cc(CN)c1C(F)(F)F. The van der Waals surface area contributed by atoms with E-state index in [2.05, 4.69) is 0 Å². The summed E-state index contributed by atoms with van der Waals surface area (Å²) in [7, 11) is 0. The molecule has 0 spiro atoms. The van der Waals surface area contributed by atoms with E-state index in [1.165, 1.54) is 19.1 Å². The molecule has 0 aliphatic rings. The van der Waals surface area contributed by atoms with Gasteiger partial charge in [0.15, 0.2) is 0 Å². The van der Waals surface area contributed by atoms with Crippen molar-refractivity contribution in [3.8, 4) is 6.07 Å². The third-order valence-corrected chi connectivity index (χ3v) is 2.05. The molecule has 0 heterocycles. The summed E-state index contributed by atoms with van der Waals surface area (Å²) in [6.07, 6.45) is -4.42. The Morgan fingerprint density at radius 3 is 2.40 bits per heavy atom. The zero-order chi connectivity index (χ0) is 11.6. The van der Waals surface area contributed by atoms with Gasteiger partial charge < -0.3 is 5.73 Å². The Kier molecular flexibility index (Phi) is 3.01. The molecule has 80 valence electrons. The standard InChI is InChI=1S/C10H9F3N2/c1-6-2-7(4-14)3-8(5-15)9(6)10(11,12)13/h2-3H,5,15H2,1H3. The number of benzene rings is 1. The summed E-state index contributed by atoms with van der Waals surface area (Å²) in [4.78, 5) is 0. The lowest BCUT2D eigenvalue weighted by molar-refractivity contribution is -0.138. The molecule has 2 N–H and O–H groups in total. The molecule has 2 nitrogen and oxygen atoms in total. The van der Waals surface area contributed by atoms with Crippen LogP contribution in [0.2, 0.25) is 0 Å². The highest BCUT2D eigenvalue weighted by atomic mass is 19.4. The summed E-state index contributed by atoms with van der Waals surface area (Å²) in [6, 6.07) is 4.18. The Bertz CT molecular complexity index is 416. The maximum Gasteiger partial charge on any atom is 0.416 e. The number of hydrogen-bond donors (Lipinski definition) is 1. The van der Waals surface area contributed by atoms with E-state index in [4.69, 9.17) is 11.0 Å². The van der Waals surface area contributed by atoms with Gasteiger partial charge in [-0.3, -0.25) is 0 Å². The van der Waals surface area contributed by atoms with Crippen LogP contribution in [0.4, 0.5) is 13.2 Å². The molecule has 1 rings (SSSR count). The van der Waals surface area contributed by atoms with Crippen molar-refractivity contribution in [1.29, 1.82) is 5.26 Å². The number of hydrogen-bond acceptors (Lipinski definition) is 2. The quantitative estimate of drug-likeness (QED) is 0.780. The number of rotatable bonds is 1. The van der Waals surface area contributed by atoms with Crippen molar-refractivity contribution in [1.82, 2.24) is 0 Å². The van der Waals surface area contributed by atoms with Crippen LogP contribution in [0.25, 0.3) is 0 Å². The Balaban J connectivity index is 3.46. The molecule has 0 aliphatic heterocycles. The van der Waals surface area contributed by atoms with Gasteiger partial charge in [-0.1, -0.05) is 0 Å². The molecule has 0 saturated carbocycles. The second-order valence-electron chi connectivity index (χ2n) is 3.14. The van der Waals surface area contributed by atoms with Gasteiger partial charge in [-0.2, -0.15) is 18.4 Å². The predicted molar refractivity (Wildman–Crippen MR) is 48.8 cm³/mol. The van der Waals surface area contributed by atoms with E-state index < -0.39 is 11.7 Å². The fourth-order valence-electron chi connectivity index (χ4n) is 1.49. The minimum atomic E-state index is -4.42. The van der Waals surface area contributed by atoms with Crippen molar-refractivity contribution >= 4 is 0 Å². The van der Waals surface area contributed by atoms with E-state index in [-0.39, 0.29) is 23.2 Å². The van der Waals surface area contributed by atoms with Crippen molar-refractivity contribution in [3.63, 3.8) is 0 Å². The molecular formula is C10H9F3N2. The maximum atomic E-state index is 12.6. The molecular weight excluding hydrogens is 205 g/mol. The van der Waals surface area contributed by atoms with Gasteiger partial charge in [0.1, 0.15) is 0 Å². The third kappa shape index (κ3) is 2.28. The molecule has 0 aromatic heterocycles. The molecule has 1 aromatic rings. The van der Waals surface area contributed by atoms with Gasteiger partial charge in [-0.25, -0.2) is 0 Å². The van der Waals surface area contributed by atoms with Crippen molar-refractivity contribution in [2.75, 3.05) is 0 Å². The topological polar surface area (TPSA) is 49.8 Å². The average Bonchev–Trinajstić information content (AvgIpc) is 2.14. The van der Waals surface area contributed by atoms with Gasteiger partial charge in [0.25, 0.3) is 0 Å². The fraction of sp³-hybridized carbons (Fsp3) is 0.300. The zero-order valence-corrected chi connectivity index (χ0v) is 8.02. The van der Waals surface area contributed by atoms with Crippen LogP contribution >= 0.6 is 0 Å². The van der Waals surface area contributed by atoms with Gasteiger partial charge in [0.05, 0.1) is 17.2 Å². The number of alkyl halides is 3. The van der Waals surface area contributed by atoms with Gasteiger partial charge in [0, 0.05) is 6.54 Å². The van der Waals surface area contributed by atoms with Crippen LogP contribution in [0.15, 0.2) is 12.1 Å². The Morgan fingerprint density at radius 1 is 1.40 bits per heavy atom. The number of nitrogens with two attached hydrogens (primary N) is 1. The molecule has 15 heavy (non-hydrogen) atoms. The van der Waals surface area contributed by atoms with Crippen LogP contribution < -0.4 is 5.73 Å². The first-order valence-corrected chi connectivity index (χ1v) is 4.21. The molecule has 0 fully saturated rings. The van der Waals surface area contributed by atoms with Crippen molar-refractivity contribution in [2.24, 2.45) is 5.73 Å². The van der Waals surface area contributed by atoms with Crippen molar-refractivity contribution < 1.29 is 13.2 Å². The smallest absolute Gasteiger partial charge is 0.326 e.